The predicted octanol–water partition coefficient (Wildman–Crippen LogP) is 3.78. The number of fused-ring (bicyclic) bond motifs is 1. The number of aromatic nitrogens is 2. The van der Waals surface area contributed by atoms with Crippen molar-refractivity contribution in [3.8, 4) is 0 Å². The first-order valence-corrected chi connectivity index (χ1v) is 11.0. The number of nitrogens with zero attached hydrogens (tertiary/aromatic N) is 2. The van der Waals surface area contributed by atoms with Crippen molar-refractivity contribution in [1.29, 1.82) is 0 Å². The molecule has 0 aliphatic carbocycles. The molecule has 0 saturated carbocycles. The molecule has 2 heterocycles. The predicted molar refractivity (Wildman–Crippen MR) is 116 cm³/mol. The molecule has 0 aliphatic heterocycles. The Morgan fingerprint density at radius 2 is 2.07 bits per heavy atom. The van der Waals surface area contributed by atoms with Crippen LogP contribution in [0.2, 0.25) is 0 Å². The lowest BCUT2D eigenvalue weighted by Crippen LogP contribution is -2.24. The molecule has 1 N–H and O–H groups in total. The molecule has 0 bridgehead atoms. The Morgan fingerprint density at radius 1 is 1.28 bits per heavy atom. The van der Waals surface area contributed by atoms with Gasteiger partial charge in [-0.15, -0.1) is 11.3 Å². The number of esters is 1. The van der Waals surface area contributed by atoms with Gasteiger partial charge in [-0.3, -0.25) is 14.2 Å². The molecular formula is C20H21N3O4S2. The maximum atomic E-state index is 12.8. The van der Waals surface area contributed by atoms with Crippen molar-refractivity contribution < 1.29 is 14.3 Å². The summed E-state index contributed by atoms with van der Waals surface area (Å²) in [7, 11) is 1.29. The summed E-state index contributed by atoms with van der Waals surface area (Å²) in [6, 6.07) is 8.46. The number of unbranched alkanes of at least 4 members (excludes halogenated alkanes) is 1. The van der Waals surface area contributed by atoms with Crippen molar-refractivity contribution in [3.05, 3.63) is 51.6 Å². The SMILES string of the molecule is CCCCn1c(SCC(=O)Nc2ccccc2C(=O)OC)nc2ccsc2c1=O. The van der Waals surface area contributed by atoms with E-state index in [2.05, 4.69) is 17.2 Å². The lowest BCUT2D eigenvalue weighted by Gasteiger charge is -2.12. The highest BCUT2D eigenvalue weighted by atomic mass is 32.2. The van der Waals surface area contributed by atoms with Crippen LogP contribution < -0.4 is 10.9 Å². The first-order chi connectivity index (χ1) is 14.0. The van der Waals surface area contributed by atoms with E-state index in [-0.39, 0.29) is 22.8 Å². The average Bonchev–Trinajstić information content (AvgIpc) is 3.20. The quantitative estimate of drug-likeness (QED) is 0.332. The van der Waals surface area contributed by atoms with Crippen LogP contribution in [0.1, 0.15) is 30.1 Å². The van der Waals surface area contributed by atoms with Crippen LogP contribution >= 0.6 is 23.1 Å². The molecule has 0 atom stereocenters. The number of rotatable bonds is 8. The fourth-order valence-electron chi connectivity index (χ4n) is 2.74. The third-order valence-electron chi connectivity index (χ3n) is 4.20. The molecule has 0 aliphatic rings. The Balaban J connectivity index is 1.78. The van der Waals surface area contributed by atoms with Crippen LogP contribution in [-0.2, 0) is 16.1 Å². The first-order valence-electron chi connectivity index (χ1n) is 9.13. The lowest BCUT2D eigenvalue weighted by atomic mass is 10.2. The molecular weight excluding hydrogens is 410 g/mol. The summed E-state index contributed by atoms with van der Waals surface area (Å²) < 4.78 is 7.01. The number of hydrogen-bond acceptors (Lipinski definition) is 7. The zero-order chi connectivity index (χ0) is 20.8. The molecule has 0 unspecified atom stereocenters. The molecule has 7 nitrogen and oxygen atoms in total. The van der Waals surface area contributed by atoms with Crippen molar-refractivity contribution in [3.63, 3.8) is 0 Å². The van der Waals surface area contributed by atoms with E-state index in [1.807, 2.05) is 11.4 Å². The topological polar surface area (TPSA) is 90.3 Å². The highest BCUT2D eigenvalue weighted by Crippen LogP contribution is 2.22. The Kier molecular flexibility index (Phi) is 7.05. The van der Waals surface area contributed by atoms with Gasteiger partial charge in [0.1, 0.15) is 4.70 Å². The summed E-state index contributed by atoms with van der Waals surface area (Å²) >= 11 is 2.58. The monoisotopic (exact) mass is 431 g/mol. The van der Waals surface area contributed by atoms with Gasteiger partial charge in [0, 0.05) is 6.54 Å². The molecule has 152 valence electrons. The van der Waals surface area contributed by atoms with Crippen LogP contribution in [0.4, 0.5) is 5.69 Å². The van der Waals surface area contributed by atoms with Crippen molar-refractivity contribution >= 4 is 50.9 Å². The number of thiophene rings is 1. The number of nitrogens with one attached hydrogen (secondary N) is 1. The smallest absolute Gasteiger partial charge is 0.339 e. The van der Waals surface area contributed by atoms with Gasteiger partial charge in [0.2, 0.25) is 5.91 Å². The molecule has 1 aromatic carbocycles. The Hall–Kier alpha value is -2.65. The van der Waals surface area contributed by atoms with Crippen LogP contribution in [0.25, 0.3) is 10.2 Å². The number of thioether (sulfide) groups is 1. The number of carbonyl (C=O) groups excluding carboxylic acids is 2. The van der Waals surface area contributed by atoms with E-state index in [9.17, 15) is 14.4 Å². The highest BCUT2D eigenvalue weighted by molar-refractivity contribution is 7.99. The van der Waals surface area contributed by atoms with Gasteiger partial charge in [0.05, 0.1) is 29.6 Å². The zero-order valence-corrected chi connectivity index (χ0v) is 17.8. The molecule has 9 heteroatoms. The number of carbonyl (C=O) groups is 2. The van der Waals surface area contributed by atoms with Crippen molar-refractivity contribution in [2.75, 3.05) is 18.2 Å². The van der Waals surface area contributed by atoms with Gasteiger partial charge in [-0.05, 0) is 30.0 Å². The van der Waals surface area contributed by atoms with Gasteiger partial charge >= 0.3 is 5.97 Å². The molecule has 0 spiro atoms. The number of ether oxygens (including phenoxy) is 1. The minimum Gasteiger partial charge on any atom is -0.465 e. The Bertz CT molecular complexity index is 1090. The summed E-state index contributed by atoms with van der Waals surface area (Å²) in [5, 5.41) is 5.09. The average molecular weight is 432 g/mol. The maximum absolute atomic E-state index is 12.8. The Labute approximate surface area is 176 Å². The number of methoxy groups -OCH3 is 1. The standard InChI is InChI=1S/C20H21N3O4S2/c1-3-4-10-23-18(25)17-15(9-11-28-17)22-20(23)29-12-16(24)21-14-8-6-5-7-13(14)19(26)27-2/h5-9,11H,3-4,10,12H2,1-2H3,(H,21,24). The summed E-state index contributed by atoms with van der Waals surface area (Å²) in [4.78, 5) is 41.7. The zero-order valence-electron chi connectivity index (χ0n) is 16.1. The van der Waals surface area contributed by atoms with Gasteiger partial charge in [0.25, 0.3) is 5.56 Å². The second kappa shape index (κ2) is 9.71. The van der Waals surface area contributed by atoms with E-state index in [0.29, 0.717) is 27.6 Å². The fraction of sp³-hybridized carbons (Fsp3) is 0.300. The molecule has 29 heavy (non-hydrogen) atoms. The third kappa shape index (κ3) is 4.86. The third-order valence-corrected chi connectivity index (χ3v) is 6.07. The van der Waals surface area contributed by atoms with Gasteiger partial charge in [0.15, 0.2) is 5.16 Å². The summed E-state index contributed by atoms with van der Waals surface area (Å²) in [5.74, 6) is -0.761. The van der Waals surface area contributed by atoms with E-state index >= 15 is 0 Å². The van der Waals surface area contributed by atoms with Gasteiger partial charge in [-0.2, -0.15) is 0 Å². The molecule has 0 radical (unpaired) electrons. The largest absolute Gasteiger partial charge is 0.465 e. The highest BCUT2D eigenvalue weighted by Gasteiger charge is 2.16. The van der Waals surface area contributed by atoms with Gasteiger partial charge in [-0.1, -0.05) is 37.2 Å². The lowest BCUT2D eigenvalue weighted by molar-refractivity contribution is -0.113. The minimum atomic E-state index is -0.522. The molecule has 3 aromatic rings. The molecule has 1 amide bonds. The van der Waals surface area contributed by atoms with Crippen LogP contribution in [0.3, 0.4) is 0 Å². The minimum absolute atomic E-state index is 0.0592. The number of amides is 1. The number of hydrogen-bond donors (Lipinski definition) is 1. The van der Waals surface area contributed by atoms with Crippen LogP contribution in [-0.4, -0.2) is 34.3 Å². The van der Waals surface area contributed by atoms with E-state index in [1.54, 1.807) is 28.8 Å². The second-order valence-electron chi connectivity index (χ2n) is 6.21. The van der Waals surface area contributed by atoms with Crippen LogP contribution in [0, 0.1) is 0 Å². The molecule has 0 saturated heterocycles. The van der Waals surface area contributed by atoms with Crippen molar-refractivity contribution in [2.24, 2.45) is 0 Å². The number of benzene rings is 1. The van der Waals surface area contributed by atoms with Crippen molar-refractivity contribution in [2.45, 2.75) is 31.5 Å². The number of anilines is 1. The summed E-state index contributed by atoms with van der Waals surface area (Å²) in [6.07, 6.45) is 1.80. The second-order valence-corrected chi connectivity index (χ2v) is 8.07. The maximum Gasteiger partial charge on any atom is 0.339 e. The molecule has 0 fully saturated rings. The number of para-hydroxylation sites is 1. The Morgan fingerprint density at radius 3 is 2.83 bits per heavy atom. The van der Waals surface area contributed by atoms with E-state index < -0.39 is 5.97 Å². The molecule has 2 aromatic heterocycles. The van der Waals surface area contributed by atoms with E-state index in [1.165, 1.54) is 30.2 Å². The fourth-order valence-corrected chi connectivity index (χ4v) is 4.35. The molecule has 3 rings (SSSR count). The van der Waals surface area contributed by atoms with E-state index in [0.717, 1.165) is 12.8 Å². The van der Waals surface area contributed by atoms with Gasteiger partial charge < -0.3 is 10.1 Å². The van der Waals surface area contributed by atoms with Gasteiger partial charge in [-0.25, -0.2) is 9.78 Å². The first kappa shape index (κ1) is 21.1. The summed E-state index contributed by atoms with van der Waals surface area (Å²) in [5.41, 5.74) is 1.24. The van der Waals surface area contributed by atoms with Crippen molar-refractivity contribution in [1.82, 2.24) is 9.55 Å². The van der Waals surface area contributed by atoms with Crippen LogP contribution in [0.15, 0.2) is 45.7 Å². The summed E-state index contributed by atoms with van der Waals surface area (Å²) in [6.45, 7) is 2.62. The van der Waals surface area contributed by atoms with Crippen LogP contribution in [0.5, 0.6) is 0 Å². The normalized spacial score (nSPS) is 10.8. The van der Waals surface area contributed by atoms with E-state index in [4.69, 9.17) is 4.74 Å².